The van der Waals surface area contributed by atoms with Crippen LogP contribution in [0.2, 0.25) is 0 Å². The van der Waals surface area contributed by atoms with Gasteiger partial charge in [0.1, 0.15) is 0 Å². The first kappa shape index (κ1) is 62.6. The third-order valence-corrected chi connectivity index (χ3v) is 20.8. The second-order valence-electron chi connectivity index (χ2n) is 26.7. The van der Waals surface area contributed by atoms with Crippen LogP contribution in [0.4, 0.5) is 34.1 Å². The first-order valence-electron chi connectivity index (χ1n) is 35.8. The average molecular weight is 1330 g/mol. The lowest BCUT2D eigenvalue weighted by Crippen LogP contribution is -2.28. The second kappa shape index (κ2) is 27.5. The highest BCUT2D eigenvalue weighted by Crippen LogP contribution is 2.59. The van der Waals surface area contributed by atoms with Crippen LogP contribution in [0, 0.1) is 0 Å². The van der Waals surface area contributed by atoms with Gasteiger partial charge in [-0.3, -0.25) is 0 Å². The minimum absolute atomic E-state index is 0.463. The van der Waals surface area contributed by atoms with Gasteiger partial charge < -0.3 is 14.4 Å². The lowest BCUT2D eigenvalue weighted by atomic mass is 9.68. The van der Waals surface area contributed by atoms with Crippen molar-refractivity contribution in [2.45, 2.75) is 5.41 Å². The smallest absolute Gasteiger partial charge is 0.0714 e. The summed E-state index contributed by atoms with van der Waals surface area (Å²) >= 11 is 0. The van der Waals surface area contributed by atoms with E-state index >= 15 is 0 Å². The molecule has 0 radical (unpaired) electrons. The predicted octanol–water partition coefficient (Wildman–Crippen LogP) is 27.3. The van der Waals surface area contributed by atoms with E-state index in [1.165, 1.54) is 122 Å². The average Bonchev–Trinajstić information content (AvgIpc) is 1.53. The molecule has 0 spiro atoms. The number of nitrogens with zero attached hydrogens (tertiary/aromatic N) is 3. The summed E-state index contributed by atoms with van der Waals surface area (Å²) in [7, 11) is 0. The Hall–Kier alpha value is -13.6. The van der Waals surface area contributed by atoms with Gasteiger partial charge in [0.15, 0.2) is 0 Å². The van der Waals surface area contributed by atoms with Gasteiger partial charge in [0.25, 0.3) is 0 Å². The van der Waals surface area contributed by atoms with E-state index in [1.54, 1.807) is 0 Å². The van der Waals surface area contributed by atoms with Crippen molar-refractivity contribution in [2.75, 3.05) is 9.80 Å². The van der Waals surface area contributed by atoms with Crippen LogP contribution in [0.15, 0.2) is 431 Å². The molecule has 1 heterocycles. The first-order valence-corrected chi connectivity index (χ1v) is 35.8. The standard InChI is InChI=1S/C53H37N.C48H34N2/c1-4-18-42(19-5-1)53(43-20-6-2-7-21-43)49-27-13-12-25-48(49)52-50(53)28-15-29-51(52)54(44-22-8-3-9-23-44)45-36-34-39(35-37-45)38-30-32-41(33-31-38)47-26-14-17-40-16-10-11-24-46(40)47;1-3-12-35(13-4-1)37-22-28-41(29-23-37)49(42-30-24-38(25-31-42)36-14-5-2-6-15-36)43-32-26-39(27-33-43)40-16-11-17-44(34-40)50-47-20-9-7-18-45(47)46-19-8-10-21-48(46)50/h1-37H;1-34H. The number of benzene rings is 17. The van der Waals surface area contributed by atoms with Gasteiger partial charge in [-0.05, 0) is 185 Å². The number of rotatable bonds is 14. The van der Waals surface area contributed by atoms with Crippen molar-refractivity contribution >= 4 is 66.7 Å². The molecule has 0 amide bonds. The fourth-order valence-corrected chi connectivity index (χ4v) is 15.9. The Morgan fingerprint density at radius 2 is 0.558 bits per heavy atom. The van der Waals surface area contributed by atoms with Crippen LogP contribution >= 0.6 is 0 Å². The molecule has 0 saturated carbocycles. The Labute approximate surface area is 608 Å². The molecule has 0 N–H and O–H groups in total. The number of anilines is 6. The number of hydrogen-bond donors (Lipinski definition) is 0. The Balaban J connectivity index is 0.000000149. The van der Waals surface area contributed by atoms with Gasteiger partial charge in [-0.2, -0.15) is 0 Å². The van der Waals surface area contributed by atoms with E-state index in [1.807, 2.05) is 0 Å². The van der Waals surface area contributed by atoms with Crippen molar-refractivity contribution in [3.63, 3.8) is 0 Å². The minimum Gasteiger partial charge on any atom is -0.311 e. The SMILES string of the molecule is c1ccc(-c2ccc(N(c3ccc(-c4ccccc4)cc3)c3ccc(-c4cccc(-n5c6ccccc6c6ccccc65)c4)cc3)cc2)cc1.c1ccc(N(c2ccc(-c3ccc(-c4cccc5ccccc45)cc3)cc2)c2cccc3c2-c2ccccc2C3(c2ccccc2)c2ccccc2)cc1. The molecule has 1 aromatic heterocycles. The van der Waals surface area contributed by atoms with Crippen LogP contribution in [0.3, 0.4) is 0 Å². The maximum absolute atomic E-state index is 2.43. The molecule has 3 heteroatoms. The summed E-state index contributed by atoms with van der Waals surface area (Å²) in [4.78, 5) is 4.76. The number of aromatic nitrogens is 1. The summed E-state index contributed by atoms with van der Waals surface area (Å²) in [5.41, 5.74) is 29.5. The lowest BCUT2D eigenvalue weighted by molar-refractivity contribution is 0.768. The molecule has 3 nitrogen and oxygen atoms in total. The minimum atomic E-state index is -0.463. The fraction of sp³-hybridized carbons (Fsp3) is 0.00990. The summed E-state index contributed by atoms with van der Waals surface area (Å²) in [6.07, 6.45) is 0. The summed E-state index contributed by atoms with van der Waals surface area (Å²) in [5.74, 6) is 0. The van der Waals surface area contributed by atoms with Gasteiger partial charge >= 0.3 is 0 Å². The third kappa shape index (κ3) is 11.5. The predicted molar refractivity (Wildman–Crippen MR) is 439 cm³/mol. The maximum Gasteiger partial charge on any atom is 0.0714 e. The van der Waals surface area contributed by atoms with E-state index in [0.29, 0.717) is 0 Å². The molecule has 490 valence electrons. The lowest BCUT2D eigenvalue weighted by Gasteiger charge is -2.34. The third-order valence-electron chi connectivity index (χ3n) is 20.8. The van der Waals surface area contributed by atoms with Gasteiger partial charge in [-0.25, -0.2) is 0 Å². The first-order chi connectivity index (χ1) is 51.6. The van der Waals surface area contributed by atoms with Gasteiger partial charge in [-0.1, -0.05) is 340 Å². The second-order valence-corrected chi connectivity index (χ2v) is 26.7. The molecule has 0 unspecified atom stereocenters. The van der Waals surface area contributed by atoms with Crippen molar-refractivity contribution in [1.82, 2.24) is 4.57 Å². The van der Waals surface area contributed by atoms with Gasteiger partial charge in [-0.15, -0.1) is 0 Å². The van der Waals surface area contributed by atoms with Crippen LogP contribution in [0.25, 0.3) is 105 Å². The Kier molecular flexibility index (Phi) is 16.6. The van der Waals surface area contributed by atoms with Gasteiger partial charge in [0.05, 0.1) is 22.1 Å². The molecule has 19 rings (SSSR count). The van der Waals surface area contributed by atoms with E-state index in [-0.39, 0.29) is 0 Å². The molecule has 0 fully saturated rings. The largest absolute Gasteiger partial charge is 0.311 e. The monoisotopic (exact) mass is 1330 g/mol. The zero-order valence-corrected chi connectivity index (χ0v) is 57.3. The highest BCUT2D eigenvalue weighted by Gasteiger charge is 2.47. The van der Waals surface area contributed by atoms with Crippen molar-refractivity contribution in [2.24, 2.45) is 0 Å². The van der Waals surface area contributed by atoms with Crippen LogP contribution in [-0.2, 0) is 5.41 Å². The summed E-state index contributed by atoms with van der Waals surface area (Å²) < 4.78 is 2.38. The maximum atomic E-state index is 2.43. The zero-order valence-electron chi connectivity index (χ0n) is 57.3. The Morgan fingerprint density at radius 3 is 1.10 bits per heavy atom. The van der Waals surface area contributed by atoms with E-state index < -0.39 is 5.41 Å². The number of para-hydroxylation sites is 3. The van der Waals surface area contributed by atoms with E-state index in [2.05, 4.69) is 445 Å². The number of fused-ring (bicyclic) bond motifs is 7. The Morgan fingerprint density at radius 1 is 0.212 bits per heavy atom. The normalized spacial score (nSPS) is 11.9. The van der Waals surface area contributed by atoms with Crippen molar-refractivity contribution < 1.29 is 0 Å². The molecule has 0 bridgehead atoms. The quantitative estimate of drug-likeness (QED) is 0.107. The summed E-state index contributed by atoms with van der Waals surface area (Å²) in [6, 6.07) is 156. The van der Waals surface area contributed by atoms with Crippen molar-refractivity contribution in [3.05, 3.63) is 453 Å². The van der Waals surface area contributed by atoms with E-state index in [4.69, 9.17) is 0 Å². The number of hydrogen-bond acceptors (Lipinski definition) is 2. The zero-order chi connectivity index (χ0) is 69.2. The van der Waals surface area contributed by atoms with Crippen LogP contribution in [-0.4, -0.2) is 4.57 Å². The molecule has 1 aliphatic rings. The van der Waals surface area contributed by atoms with E-state index in [9.17, 15) is 0 Å². The molecule has 18 aromatic rings. The molecule has 1 aliphatic carbocycles. The molecule has 17 aromatic carbocycles. The molecule has 104 heavy (non-hydrogen) atoms. The molecular weight excluding hydrogens is 1260 g/mol. The molecule has 0 atom stereocenters. The van der Waals surface area contributed by atoms with Crippen LogP contribution in [0.5, 0.6) is 0 Å². The molecule has 0 aliphatic heterocycles. The Bertz CT molecular complexity index is 5850. The van der Waals surface area contributed by atoms with Crippen LogP contribution < -0.4 is 9.80 Å². The highest BCUT2D eigenvalue weighted by atomic mass is 15.1. The summed E-state index contributed by atoms with van der Waals surface area (Å²) in [6.45, 7) is 0. The topological polar surface area (TPSA) is 11.4 Å². The molecular formula is C101H71N3. The van der Waals surface area contributed by atoms with Crippen molar-refractivity contribution in [3.8, 4) is 72.4 Å². The van der Waals surface area contributed by atoms with Crippen molar-refractivity contribution in [1.29, 1.82) is 0 Å². The van der Waals surface area contributed by atoms with Crippen LogP contribution in [0.1, 0.15) is 22.3 Å². The van der Waals surface area contributed by atoms with E-state index in [0.717, 1.165) is 39.8 Å². The highest BCUT2D eigenvalue weighted by molar-refractivity contribution is 6.09. The molecule has 0 saturated heterocycles. The van der Waals surface area contributed by atoms with Gasteiger partial charge in [0.2, 0.25) is 0 Å². The van der Waals surface area contributed by atoms with Gasteiger partial charge in [0, 0.05) is 50.5 Å². The fourth-order valence-electron chi connectivity index (χ4n) is 15.9. The summed E-state index contributed by atoms with van der Waals surface area (Å²) in [5, 5.41) is 5.08.